The first-order valence-electron chi connectivity index (χ1n) is 13.1. The molecule has 2 amide bonds. The standard InChI is InChI=1S/C33H33N3O2/c1-25-13-15-26(16-14-25)31(37)36-23-21-35(22-24-36)30-19-17-29(18-20-30)34-32(38)33(2,27-9-5-3-6-10-27)28-11-7-4-8-12-28/h3-20H,21-24H2,1-2H3,(H,34,38). The van der Waals surface area contributed by atoms with Gasteiger partial charge in [-0.15, -0.1) is 0 Å². The zero-order valence-electron chi connectivity index (χ0n) is 21.9. The monoisotopic (exact) mass is 503 g/mol. The summed E-state index contributed by atoms with van der Waals surface area (Å²) in [4.78, 5) is 30.8. The lowest BCUT2D eigenvalue weighted by Crippen LogP contribution is -2.48. The summed E-state index contributed by atoms with van der Waals surface area (Å²) in [7, 11) is 0. The quantitative estimate of drug-likeness (QED) is 0.356. The average molecular weight is 504 g/mol. The number of nitrogens with one attached hydrogen (secondary N) is 1. The molecular weight excluding hydrogens is 470 g/mol. The highest BCUT2D eigenvalue weighted by Crippen LogP contribution is 2.33. The van der Waals surface area contributed by atoms with Gasteiger partial charge in [-0.3, -0.25) is 9.59 Å². The van der Waals surface area contributed by atoms with Gasteiger partial charge in [0.2, 0.25) is 5.91 Å². The average Bonchev–Trinajstić information content (AvgIpc) is 2.98. The number of amides is 2. The molecule has 192 valence electrons. The van der Waals surface area contributed by atoms with E-state index in [2.05, 4.69) is 10.2 Å². The van der Waals surface area contributed by atoms with Crippen LogP contribution in [0.15, 0.2) is 109 Å². The number of benzene rings is 4. The first-order chi connectivity index (χ1) is 18.4. The van der Waals surface area contributed by atoms with Crippen LogP contribution in [0.2, 0.25) is 0 Å². The van der Waals surface area contributed by atoms with Crippen LogP contribution < -0.4 is 10.2 Å². The normalized spacial score (nSPS) is 13.7. The number of rotatable bonds is 6. The number of nitrogens with zero attached hydrogens (tertiary/aromatic N) is 2. The van der Waals surface area contributed by atoms with Crippen molar-refractivity contribution in [2.45, 2.75) is 19.3 Å². The zero-order valence-corrected chi connectivity index (χ0v) is 21.9. The van der Waals surface area contributed by atoms with Crippen LogP contribution in [0.5, 0.6) is 0 Å². The first kappa shape index (κ1) is 25.3. The first-order valence-corrected chi connectivity index (χ1v) is 13.1. The molecule has 0 unspecified atom stereocenters. The molecule has 0 radical (unpaired) electrons. The van der Waals surface area contributed by atoms with E-state index in [0.717, 1.165) is 46.7 Å². The second-order valence-corrected chi connectivity index (χ2v) is 10.0. The number of carbonyl (C=O) groups excluding carboxylic acids is 2. The molecule has 0 saturated carbocycles. The number of hydrogen-bond donors (Lipinski definition) is 1. The Bertz CT molecular complexity index is 1340. The summed E-state index contributed by atoms with van der Waals surface area (Å²) in [5, 5.41) is 3.14. The number of hydrogen-bond acceptors (Lipinski definition) is 3. The molecule has 5 heteroatoms. The molecule has 1 fully saturated rings. The van der Waals surface area contributed by atoms with E-state index in [9.17, 15) is 9.59 Å². The number of anilines is 2. The van der Waals surface area contributed by atoms with Gasteiger partial charge in [0.25, 0.3) is 5.91 Å². The lowest BCUT2D eigenvalue weighted by molar-refractivity contribution is -0.119. The van der Waals surface area contributed by atoms with Crippen molar-refractivity contribution in [2.24, 2.45) is 0 Å². The van der Waals surface area contributed by atoms with E-state index >= 15 is 0 Å². The van der Waals surface area contributed by atoms with Gasteiger partial charge in [-0.2, -0.15) is 0 Å². The van der Waals surface area contributed by atoms with Crippen molar-refractivity contribution in [3.63, 3.8) is 0 Å². The Hall–Kier alpha value is -4.38. The zero-order chi connectivity index (χ0) is 26.5. The molecule has 0 spiro atoms. The summed E-state index contributed by atoms with van der Waals surface area (Å²) in [5.41, 5.74) is 4.78. The third-order valence-corrected chi connectivity index (χ3v) is 7.51. The van der Waals surface area contributed by atoms with E-state index < -0.39 is 5.41 Å². The fraction of sp³-hybridized carbons (Fsp3) is 0.212. The lowest BCUT2D eigenvalue weighted by atomic mass is 9.75. The Labute approximate surface area is 224 Å². The van der Waals surface area contributed by atoms with Crippen molar-refractivity contribution in [1.82, 2.24) is 4.90 Å². The molecule has 5 rings (SSSR count). The molecule has 1 saturated heterocycles. The molecule has 0 atom stereocenters. The van der Waals surface area contributed by atoms with Crippen molar-refractivity contribution in [2.75, 3.05) is 36.4 Å². The summed E-state index contributed by atoms with van der Waals surface area (Å²) in [5.74, 6) is 0.00785. The van der Waals surface area contributed by atoms with E-state index in [1.54, 1.807) is 0 Å². The van der Waals surface area contributed by atoms with Gasteiger partial charge in [-0.05, 0) is 61.4 Å². The van der Waals surface area contributed by atoms with Gasteiger partial charge in [0.1, 0.15) is 0 Å². The minimum atomic E-state index is -0.832. The maximum absolute atomic E-state index is 13.7. The molecule has 4 aromatic rings. The Balaban J connectivity index is 1.25. The van der Waals surface area contributed by atoms with E-state index in [-0.39, 0.29) is 11.8 Å². The maximum Gasteiger partial charge on any atom is 0.253 e. The molecule has 1 N–H and O–H groups in total. The molecule has 0 aliphatic carbocycles. The van der Waals surface area contributed by atoms with E-state index in [1.807, 2.05) is 128 Å². The van der Waals surface area contributed by atoms with Crippen LogP contribution in [0.25, 0.3) is 0 Å². The molecule has 0 bridgehead atoms. The minimum absolute atomic E-state index is 0.0779. The summed E-state index contributed by atoms with van der Waals surface area (Å²) < 4.78 is 0. The van der Waals surface area contributed by atoms with Crippen LogP contribution in [-0.4, -0.2) is 42.9 Å². The summed E-state index contributed by atoms with van der Waals surface area (Å²) in [6.07, 6.45) is 0. The van der Waals surface area contributed by atoms with Crippen LogP contribution in [0.1, 0.15) is 34.0 Å². The molecule has 5 nitrogen and oxygen atoms in total. The highest BCUT2D eigenvalue weighted by atomic mass is 16.2. The van der Waals surface area contributed by atoms with Gasteiger partial charge in [0.05, 0.1) is 5.41 Å². The van der Waals surface area contributed by atoms with Crippen molar-refractivity contribution in [3.8, 4) is 0 Å². The predicted octanol–water partition coefficient (Wildman–Crippen LogP) is 5.90. The van der Waals surface area contributed by atoms with Crippen molar-refractivity contribution >= 4 is 23.2 Å². The second kappa shape index (κ2) is 10.9. The maximum atomic E-state index is 13.7. The molecule has 4 aromatic carbocycles. The van der Waals surface area contributed by atoms with Gasteiger partial charge in [-0.1, -0.05) is 78.4 Å². The number of carbonyl (C=O) groups is 2. The Morgan fingerprint density at radius 3 is 1.74 bits per heavy atom. The number of piperazine rings is 1. The van der Waals surface area contributed by atoms with E-state index in [0.29, 0.717) is 13.1 Å². The van der Waals surface area contributed by atoms with E-state index in [4.69, 9.17) is 0 Å². The van der Waals surface area contributed by atoms with Crippen LogP contribution in [0.4, 0.5) is 11.4 Å². The highest BCUT2D eigenvalue weighted by molar-refractivity contribution is 6.01. The lowest BCUT2D eigenvalue weighted by Gasteiger charge is -2.36. The summed E-state index contributed by atoms with van der Waals surface area (Å²) in [6, 6.07) is 35.5. The van der Waals surface area contributed by atoms with Gasteiger partial charge in [-0.25, -0.2) is 0 Å². The summed E-state index contributed by atoms with van der Waals surface area (Å²) in [6.45, 7) is 6.88. The smallest absolute Gasteiger partial charge is 0.253 e. The third kappa shape index (κ3) is 5.18. The highest BCUT2D eigenvalue weighted by Gasteiger charge is 2.37. The van der Waals surface area contributed by atoms with E-state index in [1.165, 1.54) is 0 Å². The van der Waals surface area contributed by atoms with Gasteiger partial charge in [0.15, 0.2) is 0 Å². The molecular formula is C33H33N3O2. The van der Waals surface area contributed by atoms with Gasteiger partial charge in [0, 0.05) is 43.1 Å². The molecule has 38 heavy (non-hydrogen) atoms. The van der Waals surface area contributed by atoms with Gasteiger partial charge >= 0.3 is 0 Å². The Kier molecular flexibility index (Phi) is 7.27. The third-order valence-electron chi connectivity index (χ3n) is 7.51. The fourth-order valence-electron chi connectivity index (χ4n) is 5.03. The fourth-order valence-corrected chi connectivity index (χ4v) is 5.03. The number of aryl methyl sites for hydroxylation is 1. The Morgan fingerprint density at radius 1 is 0.684 bits per heavy atom. The van der Waals surface area contributed by atoms with Crippen LogP contribution in [0.3, 0.4) is 0 Å². The van der Waals surface area contributed by atoms with Crippen molar-refractivity contribution in [1.29, 1.82) is 0 Å². The SMILES string of the molecule is Cc1ccc(C(=O)N2CCN(c3ccc(NC(=O)C(C)(c4ccccc4)c4ccccc4)cc3)CC2)cc1. The molecule has 1 heterocycles. The largest absolute Gasteiger partial charge is 0.368 e. The van der Waals surface area contributed by atoms with Crippen LogP contribution in [-0.2, 0) is 10.2 Å². The van der Waals surface area contributed by atoms with Crippen LogP contribution >= 0.6 is 0 Å². The van der Waals surface area contributed by atoms with Crippen molar-refractivity contribution < 1.29 is 9.59 Å². The molecule has 0 aromatic heterocycles. The predicted molar refractivity (Wildman–Crippen MR) is 154 cm³/mol. The van der Waals surface area contributed by atoms with Crippen LogP contribution in [0, 0.1) is 6.92 Å². The van der Waals surface area contributed by atoms with Crippen molar-refractivity contribution in [3.05, 3.63) is 131 Å². The summed E-state index contributed by atoms with van der Waals surface area (Å²) >= 11 is 0. The second-order valence-electron chi connectivity index (χ2n) is 10.0. The Morgan fingerprint density at radius 2 is 1.21 bits per heavy atom. The topological polar surface area (TPSA) is 52.7 Å². The molecule has 1 aliphatic rings. The van der Waals surface area contributed by atoms with Gasteiger partial charge < -0.3 is 15.1 Å². The molecule has 1 aliphatic heterocycles. The minimum Gasteiger partial charge on any atom is -0.368 e.